The lowest BCUT2D eigenvalue weighted by Crippen LogP contribution is -2.02. The van der Waals surface area contributed by atoms with Crippen molar-refractivity contribution in [3.8, 4) is 0 Å². The van der Waals surface area contributed by atoms with Crippen molar-refractivity contribution < 1.29 is 12.6 Å². The van der Waals surface area contributed by atoms with E-state index < -0.39 is 10.1 Å². The summed E-state index contributed by atoms with van der Waals surface area (Å²) in [4.78, 5) is 0. The van der Waals surface area contributed by atoms with Gasteiger partial charge in [-0.05, 0) is 11.6 Å². The van der Waals surface area contributed by atoms with E-state index in [0.717, 1.165) is 17.4 Å². The number of hydrogen-bond acceptors (Lipinski definition) is 3. The number of benzene rings is 2. The average Bonchev–Trinajstić information content (AvgIpc) is 2.39. The van der Waals surface area contributed by atoms with Crippen LogP contribution in [-0.2, 0) is 14.3 Å². The third kappa shape index (κ3) is 4.26. The molecule has 2 rings (SSSR count). The Labute approximate surface area is 113 Å². The zero-order chi connectivity index (χ0) is 13.7. The van der Waals surface area contributed by atoms with Crippen LogP contribution in [0.15, 0.2) is 60.7 Å². The van der Waals surface area contributed by atoms with E-state index >= 15 is 0 Å². The van der Waals surface area contributed by atoms with Gasteiger partial charge < -0.3 is 4.18 Å². The Kier molecular flexibility index (Phi) is 4.02. The molecular weight excluding hydrogens is 260 g/mol. The standard InChI is InChI=1S/C15H14O3S/c1-19(16,17)18-15(14-10-6-3-7-11-14)12-13-8-4-2-5-9-13/h2-12H,1H3. The van der Waals surface area contributed by atoms with Gasteiger partial charge in [-0.1, -0.05) is 60.7 Å². The maximum absolute atomic E-state index is 11.3. The van der Waals surface area contributed by atoms with Gasteiger partial charge >= 0.3 is 10.1 Å². The molecule has 0 bridgehead atoms. The van der Waals surface area contributed by atoms with Crippen LogP contribution in [0.4, 0.5) is 0 Å². The fourth-order valence-electron chi connectivity index (χ4n) is 1.62. The summed E-state index contributed by atoms with van der Waals surface area (Å²) in [5.41, 5.74) is 1.60. The summed E-state index contributed by atoms with van der Waals surface area (Å²) in [6.45, 7) is 0. The van der Waals surface area contributed by atoms with Crippen molar-refractivity contribution in [2.45, 2.75) is 0 Å². The van der Waals surface area contributed by atoms with Gasteiger partial charge in [-0.2, -0.15) is 8.42 Å². The summed E-state index contributed by atoms with van der Waals surface area (Å²) in [5.74, 6) is 0.314. The minimum absolute atomic E-state index is 0.314. The largest absolute Gasteiger partial charge is 0.382 e. The SMILES string of the molecule is CS(=O)(=O)OC(=Cc1ccccc1)c1ccccc1. The fraction of sp³-hybridized carbons (Fsp3) is 0.0667. The van der Waals surface area contributed by atoms with Gasteiger partial charge in [0.15, 0.2) is 0 Å². The van der Waals surface area contributed by atoms with Crippen LogP contribution in [0.2, 0.25) is 0 Å². The highest BCUT2D eigenvalue weighted by molar-refractivity contribution is 7.86. The molecule has 0 fully saturated rings. The molecular formula is C15H14O3S. The maximum Gasteiger partial charge on any atom is 0.306 e. The van der Waals surface area contributed by atoms with Crippen LogP contribution >= 0.6 is 0 Å². The second-order valence-corrected chi connectivity index (χ2v) is 5.65. The predicted molar refractivity (Wildman–Crippen MR) is 76.7 cm³/mol. The summed E-state index contributed by atoms with van der Waals surface area (Å²) < 4.78 is 27.7. The Hall–Kier alpha value is -2.07. The minimum Gasteiger partial charge on any atom is -0.382 e. The molecule has 0 aliphatic carbocycles. The number of hydrogen-bond donors (Lipinski definition) is 0. The van der Waals surface area contributed by atoms with Crippen LogP contribution in [0.5, 0.6) is 0 Å². The van der Waals surface area contributed by atoms with E-state index in [1.807, 2.05) is 48.5 Å². The quantitative estimate of drug-likeness (QED) is 0.488. The first-order chi connectivity index (χ1) is 9.04. The van der Waals surface area contributed by atoms with Crippen LogP contribution in [0.1, 0.15) is 11.1 Å². The van der Waals surface area contributed by atoms with Gasteiger partial charge in [0.1, 0.15) is 5.76 Å². The highest BCUT2D eigenvalue weighted by Crippen LogP contribution is 2.21. The summed E-state index contributed by atoms with van der Waals surface area (Å²) >= 11 is 0. The Morgan fingerprint density at radius 2 is 1.47 bits per heavy atom. The van der Waals surface area contributed by atoms with E-state index in [2.05, 4.69) is 0 Å². The van der Waals surface area contributed by atoms with E-state index in [1.54, 1.807) is 18.2 Å². The Bertz CT molecular complexity index is 659. The van der Waals surface area contributed by atoms with Gasteiger partial charge in [0.2, 0.25) is 0 Å². The molecule has 0 aliphatic rings. The highest BCUT2D eigenvalue weighted by Gasteiger charge is 2.09. The smallest absolute Gasteiger partial charge is 0.306 e. The molecule has 0 spiro atoms. The molecule has 3 nitrogen and oxygen atoms in total. The van der Waals surface area contributed by atoms with Crippen LogP contribution in [0.25, 0.3) is 11.8 Å². The van der Waals surface area contributed by atoms with Gasteiger partial charge in [0.25, 0.3) is 0 Å². The lowest BCUT2D eigenvalue weighted by Gasteiger charge is -2.08. The normalized spacial score (nSPS) is 12.2. The lowest BCUT2D eigenvalue weighted by atomic mass is 10.1. The van der Waals surface area contributed by atoms with Gasteiger partial charge in [0, 0.05) is 5.56 Å². The van der Waals surface area contributed by atoms with Crippen LogP contribution in [-0.4, -0.2) is 14.7 Å². The second kappa shape index (κ2) is 5.71. The first-order valence-electron chi connectivity index (χ1n) is 5.76. The first-order valence-corrected chi connectivity index (χ1v) is 7.58. The Morgan fingerprint density at radius 3 is 2.00 bits per heavy atom. The molecule has 98 valence electrons. The van der Waals surface area contributed by atoms with E-state index in [9.17, 15) is 8.42 Å². The maximum atomic E-state index is 11.3. The molecule has 4 heteroatoms. The monoisotopic (exact) mass is 274 g/mol. The molecule has 2 aromatic rings. The van der Waals surface area contributed by atoms with E-state index in [4.69, 9.17) is 4.18 Å². The summed E-state index contributed by atoms with van der Waals surface area (Å²) in [5, 5.41) is 0. The van der Waals surface area contributed by atoms with Gasteiger partial charge in [-0.3, -0.25) is 0 Å². The van der Waals surface area contributed by atoms with Gasteiger partial charge in [-0.25, -0.2) is 0 Å². The molecule has 0 atom stereocenters. The zero-order valence-electron chi connectivity index (χ0n) is 10.5. The summed E-state index contributed by atoms with van der Waals surface area (Å²) in [6, 6.07) is 18.6. The number of rotatable bonds is 4. The van der Waals surface area contributed by atoms with Crippen LogP contribution < -0.4 is 0 Å². The van der Waals surface area contributed by atoms with Gasteiger partial charge in [-0.15, -0.1) is 0 Å². The first kappa shape index (κ1) is 13.4. The molecule has 0 aliphatic heterocycles. The molecule has 0 unspecified atom stereocenters. The van der Waals surface area contributed by atoms with Crippen molar-refractivity contribution in [1.29, 1.82) is 0 Å². The third-order valence-electron chi connectivity index (χ3n) is 2.40. The minimum atomic E-state index is -3.56. The van der Waals surface area contributed by atoms with Crippen LogP contribution in [0.3, 0.4) is 0 Å². The molecule has 0 saturated carbocycles. The molecule has 0 N–H and O–H groups in total. The second-order valence-electron chi connectivity index (χ2n) is 4.07. The lowest BCUT2D eigenvalue weighted by molar-refractivity contribution is 0.472. The highest BCUT2D eigenvalue weighted by atomic mass is 32.2. The van der Waals surface area contributed by atoms with E-state index in [0.29, 0.717) is 5.76 Å². The summed E-state index contributed by atoms with van der Waals surface area (Å²) in [7, 11) is -3.56. The Balaban J connectivity index is 2.44. The molecule has 0 heterocycles. The van der Waals surface area contributed by atoms with E-state index in [-0.39, 0.29) is 0 Å². The molecule has 19 heavy (non-hydrogen) atoms. The molecule has 2 aromatic carbocycles. The van der Waals surface area contributed by atoms with Crippen molar-refractivity contribution in [1.82, 2.24) is 0 Å². The van der Waals surface area contributed by atoms with E-state index in [1.165, 1.54) is 0 Å². The Morgan fingerprint density at radius 1 is 0.947 bits per heavy atom. The fourth-order valence-corrected chi connectivity index (χ4v) is 2.09. The van der Waals surface area contributed by atoms with Gasteiger partial charge in [0.05, 0.1) is 6.26 Å². The average molecular weight is 274 g/mol. The van der Waals surface area contributed by atoms with Crippen molar-refractivity contribution in [2.75, 3.05) is 6.26 Å². The third-order valence-corrected chi connectivity index (χ3v) is 2.88. The topological polar surface area (TPSA) is 43.4 Å². The molecule has 0 saturated heterocycles. The van der Waals surface area contributed by atoms with Crippen molar-refractivity contribution in [3.05, 3.63) is 71.8 Å². The molecule has 0 radical (unpaired) electrons. The summed E-state index contributed by atoms with van der Waals surface area (Å²) in [6.07, 6.45) is 2.74. The van der Waals surface area contributed by atoms with Crippen LogP contribution in [0, 0.1) is 0 Å². The zero-order valence-corrected chi connectivity index (χ0v) is 11.3. The van der Waals surface area contributed by atoms with Crippen molar-refractivity contribution in [2.24, 2.45) is 0 Å². The predicted octanol–water partition coefficient (Wildman–Crippen LogP) is 3.16. The van der Waals surface area contributed by atoms with Crippen molar-refractivity contribution >= 4 is 22.0 Å². The van der Waals surface area contributed by atoms with Crippen molar-refractivity contribution in [3.63, 3.8) is 0 Å². The molecule has 0 amide bonds. The molecule has 0 aromatic heterocycles.